The number of halogens is 1. The highest BCUT2D eigenvalue weighted by Gasteiger charge is 2.11. The lowest BCUT2D eigenvalue weighted by atomic mass is 10.1. The number of nitrogens with two attached hydrogens (primary N) is 1. The van der Waals surface area contributed by atoms with Crippen molar-refractivity contribution in [3.8, 4) is 0 Å². The fourth-order valence-electron chi connectivity index (χ4n) is 1.62. The van der Waals surface area contributed by atoms with Crippen molar-refractivity contribution >= 4 is 33.2 Å². The number of hydrogen-bond donors (Lipinski definition) is 2. The minimum absolute atomic E-state index is 0.177. The summed E-state index contributed by atoms with van der Waals surface area (Å²) in [5, 5.41) is 2.87. The van der Waals surface area contributed by atoms with Crippen molar-refractivity contribution in [1.29, 1.82) is 0 Å². The Bertz CT molecular complexity index is 596. The van der Waals surface area contributed by atoms with Gasteiger partial charge in [0, 0.05) is 15.8 Å². The van der Waals surface area contributed by atoms with E-state index in [1.807, 2.05) is 31.2 Å². The first-order valence-electron chi connectivity index (χ1n) is 5.50. The predicted octanol–water partition coefficient (Wildman–Crippen LogP) is 3.59. The van der Waals surface area contributed by atoms with Crippen molar-refractivity contribution in [2.75, 3.05) is 11.1 Å². The maximum absolute atomic E-state index is 12.1. The smallest absolute Gasteiger partial charge is 0.256 e. The Morgan fingerprint density at radius 1 is 1.22 bits per heavy atom. The average molecular weight is 305 g/mol. The highest BCUT2D eigenvalue weighted by molar-refractivity contribution is 9.10. The van der Waals surface area contributed by atoms with Crippen LogP contribution in [0.1, 0.15) is 15.9 Å². The van der Waals surface area contributed by atoms with Gasteiger partial charge in [-0.2, -0.15) is 0 Å². The summed E-state index contributed by atoms with van der Waals surface area (Å²) in [7, 11) is 0. The fraction of sp³-hybridized carbons (Fsp3) is 0.0714. The van der Waals surface area contributed by atoms with Gasteiger partial charge in [0.2, 0.25) is 0 Å². The molecule has 0 aliphatic rings. The molecule has 0 fully saturated rings. The van der Waals surface area contributed by atoms with E-state index in [1.165, 1.54) is 0 Å². The van der Waals surface area contributed by atoms with E-state index in [2.05, 4.69) is 21.2 Å². The number of amides is 1. The number of para-hydroxylation sites is 1. The van der Waals surface area contributed by atoms with Gasteiger partial charge in [-0.1, -0.05) is 18.2 Å². The van der Waals surface area contributed by atoms with Crippen LogP contribution in [-0.4, -0.2) is 5.91 Å². The second-order valence-electron chi connectivity index (χ2n) is 4.01. The molecule has 0 aromatic heterocycles. The molecule has 0 saturated heterocycles. The lowest BCUT2D eigenvalue weighted by molar-refractivity contribution is 0.102. The van der Waals surface area contributed by atoms with Crippen LogP contribution in [0.15, 0.2) is 46.9 Å². The normalized spacial score (nSPS) is 10.1. The summed E-state index contributed by atoms with van der Waals surface area (Å²) in [6, 6.07) is 12.8. The molecule has 3 N–H and O–H groups in total. The predicted molar refractivity (Wildman–Crippen MR) is 77.7 cm³/mol. The molecule has 2 aromatic rings. The monoisotopic (exact) mass is 304 g/mol. The van der Waals surface area contributed by atoms with E-state index >= 15 is 0 Å². The molecular weight excluding hydrogens is 292 g/mol. The van der Waals surface area contributed by atoms with Crippen LogP contribution >= 0.6 is 15.9 Å². The number of hydrogen-bond acceptors (Lipinski definition) is 2. The van der Waals surface area contributed by atoms with E-state index in [0.717, 1.165) is 15.7 Å². The molecule has 0 radical (unpaired) electrons. The summed E-state index contributed by atoms with van der Waals surface area (Å²) in [6.07, 6.45) is 0. The summed E-state index contributed by atoms with van der Waals surface area (Å²) in [4.78, 5) is 12.1. The van der Waals surface area contributed by atoms with E-state index < -0.39 is 0 Å². The van der Waals surface area contributed by atoms with Crippen LogP contribution in [0.25, 0.3) is 0 Å². The van der Waals surface area contributed by atoms with Gasteiger partial charge in [0.25, 0.3) is 5.91 Å². The van der Waals surface area contributed by atoms with Crippen LogP contribution in [0.3, 0.4) is 0 Å². The Hall–Kier alpha value is -1.81. The quantitative estimate of drug-likeness (QED) is 0.833. The number of nitrogens with one attached hydrogen (secondary N) is 1. The minimum atomic E-state index is -0.177. The zero-order valence-electron chi connectivity index (χ0n) is 9.91. The highest BCUT2D eigenvalue weighted by atomic mass is 79.9. The summed E-state index contributed by atoms with van der Waals surface area (Å²) in [5.74, 6) is -0.177. The lowest BCUT2D eigenvalue weighted by Crippen LogP contribution is -2.13. The Balaban J connectivity index is 2.28. The Morgan fingerprint density at radius 2 is 1.94 bits per heavy atom. The van der Waals surface area contributed by atoms with Gasteiger partial charge in [0.1, 0.15) is 0 Å². The highest BCUT2D eigenvalue weighted by Crippen LogP contribution is 2.22. The molecule has 18 heavy (non-hydrogen) atoms. The van der Waals surface area contributed by atoms with Gasteiger partial charge >= 0.3 is 0 Å². The first-order chi connectivity index (χ1) is 8.58. The van der Waals surface area contributed by atoms with Crippen LogP contribution in [0.4, 0.5) is 11.4 Å². The summed E-state index contributed by atoms with van der Waals surface area (Å²) in [6.45, 7) is 1.95. The molecule has 92 valence electrons. The molecule has 0 saturated carbocycles. The standard InChI is InChI=1S/C14H13BrN2O/c1-9-4-2-3-5-13(9)17-14(18)11-8-10(16)6-7-12(11)15/h2-8H,16H2,1H3,(H,17,18). The van der Waals surface area contributed by atoms with Crippen molar-refractivity contribution in [3.05, 3.63) is 58.1 Å². The number of rotatable bonds is 2. The van der Waals surface area contributed by atoms with Crippen molar-refractivity contribution in [1.82, 2.24) is 0 Å². The largest absolute Gasteiger partial charge is 0.399 e. The molecule has 0 aliphatic heterocycles. The van der Waals surface area contributed by atoms with Gasteiger partial charge in [-0.25, -0.2) is 0 Å². The van der Waals surface area contributed by atoms with Gasteiger partial charge in [-0.3, -0.25) is 4.79 Å². The second-order valence-corrected chi connectivity index (χ2v) is 4.86. The van der Waals surface area contributed by atoms with Crippen LogP contribution < -0.4 is 11.1 Å². The van der Waals surface area contributed by atoms with Gasteiger partial charge in [-0.05, 0) is 52.7 Å². The molecule has 0 unspecified atom stereocenters. The average Bonchev–Trinajstić information content (AvgIpc) is 2.35. The summed E-state index contributed by atoms with van der Waals surface area (Å²) >= 11 is 3.35. The number of carbonyl (C=O) groups excluding carboxylic acids is 1. The van der Waals surface area contributed by atoms with Gasteiger partial charge in [0.15, 0.2) is 0 Å². The first kappa shape index (κ1) is 12.6. The van der Waals surface area contributed by atoms with Crippen molar-refractivity contribution in [3.63, 3.8) is 0 Å². The maximum atomic E-state index is 12.1. The Kier molecular flexibility index (Phi) is 3.67. The number of nitrogen functional groups attached to an aromatic ring is 1. The molecular formula is C14H13BrN2O. The Morgan fingerprint density at radius 3 is 2.67 bits per heavy atom. The number of aryl methyl sites for hydroxylation is 1. The van der Waals surface area contributed by atoms with Crippen LogP contribution in [0.5, 0.6) is 0 Å². The maximum Gasteiger partial charge on any atom is 0.256 e. The van der Waals surface area contributed by atoms with E-state index in [0.29, 0.717) is 11.3 Å². The SMILES string of the molecule is Cc1ccccc1NC(=O)c1cc(N)ccc1Br. The Labute approximate surface area is 114 Å². The fourth-order valence-corrected chi connectivity index (χ4v) is 2.05. The van der Waals surface area contributed by atoms with Crippen molar-refractivity contribution < 1.29 is 4.79 Å². The van der Waals surface area contributed by atoms with E-state index in [9.17, 15) is 4.79 Å². The number of benzene rings is 2. The summed E-state index contributed by atoms with van der Waals surface area (Å²) in [5.41, 5.74) is 8.60. The van der Waals surface area contributed by atoms with Gasteiger partial charge in [-0.15, -0.1) is 0 Å². The third-order valence-electron chi connectivity index (χ3n) is 2.63. The molecule has 0 heterocycles. The third-order valence-corrected chi connectivity index (χ3v) is 3.32. The van der Waals surface area contributed by atoms with Crippen molar-refractivity contribution in [2.45, 2.75) is 6.92 Å². The molecule has 3 nitrogen and oxygen atoms in total. The molecule has 0 bridgehead atoms. The van der Waals surface area contributed by atoms with E-state index in [1.54, 1.807) is 18.2 Å². The van der Waals surface area contributed by atoms with E-state index in [-0.39, 0.29) is 5.91 Å². The first-order valence-corrected chi connectivity index (χ1v) is 6.29. The topological polar surface area (TPSA) is 55.1 Å². The number of anilines is 2. The molecule has 1 amide bonds. The van der Waals surface area contributed by atoms with Crippen LogP contribution in [0, 0.1) is 6.92 Å². The molecule has 2 aromatic carbocycles. The third kappa shape index (κ3) is 2.71. The molecule has 0 spiro atoms. The number of carbonyl (C=O) groups is 1. The molecule has 4 heteroatoms. The van der Waals surface area contributed by atoms with Crippen LogP contribution in [0.2, 0.25) is 0 Å². The zero-order chi connectivity index (χ0) is 13.1. The van der Waals surface area contributed by atoms with E-state index in [4.69, 9.17) is 5.73 Å². The molecule has 2 rings (SSSR count). The van der Waals surface area contributed by atoms with Gasteiger partial charge in [0.05, 0.1) is 5.56 Å². The zero-order valence-corrected chi connectivity index (χ0v) is 11.5. The van der Waals surface area contributed by atoms with Crippen molar-refractivity contribution in [2.24, 2.45) is 0 Å². The van der Waals surface area contributed by atoms with Gasteiger partial charge < -0.3 is 11.1 Å². The van der Waals surface area contributed by atoms with Crippen LogP contribution in [-0.2, 0) is 0 Å². The summed E-state index contributed by atoms with van der Waals surface area (Å²) < 4.78 is 0.725. The minimum Gasteiger partial charge on any atom is -0.399 e. The molecule has 0 atom stereocenters. The molecule has 0 aliphatic carbocycles. The second kappa shape index (κ2) is 5.23. The lowest BCUT2D eigenvalue weighted by Gasteiger charge is -2.09.